The largest absolute Gasteiger partial charge is 0.497 e. The summed E-state index contributed by atoms with van der Waals surface area (Å²) >= 11 is 0. The number of carboxylic acid groups (broad SMARTS) is 1. The number of aromatic carboxylic acids is 1. The maximum absolute atomic E-state index is 11.1. The van der Waals surface area contributed by atoms with Crippen molar-refractivity contribution in [3.63, 3.8) is 0 Å². The van der Waals surface area contributed by atoms with Crippen molar-refractivity contribution >= 4 is 17.5 Å². The molecule has 0 unspecified atom stereocenters. The lowest BCUT2D eigenvalue weighted by Gasteiger charge is -2.13. The van der Waals surface area contributed by atoms with Gasteiger partial charge in [0.2, 0.25) is 0 Å². The summed E-state index contributed by atoms with van der Waals surface area (Å²) in [6.45, 7) is 0. The van der Waals surface area contributed by atoms with Crippen molar-refractivity contribution in [2.45, 2.75) is 0 Å². The minimum atomic E-state index is -1.05. The second-order valence-electron chi connectivity index (χ2n) is 3.90. The molecule has 0 aliphatic carbocycles. The molecule has 6 nitrogen and oxygen atoms in total. The molecule has 20 heavy (non-hydrogen) atoms. The van der Waals surface area contributed by atoms with Crippen LogP contribution in [-0.2, 0) is 0 Å². The number of hydrogen-bond donors (Lipinski definition) is 2. The van der Waals surface area contributed by atoms with E-state index in [1.54, 1.807) is 31.4 Å². The van der Waals surface area contributed by atoms with E-state index in [2.05, 4.69) is 10.3 Å². The van der Waals surface area contributed by atoms with Crippen LogP contribution in [-0.4, -0.2) is 30.3 Å². The molecule has 0 radical (unpaired) electrons. The molecule has 1 aromatic heterocycles. The summed E-state index contributed by atoms with van der Waals surface area (Å²) in [6, 6.07) is 8.23. The fourth-order valence-electron chi connectivity index (χ4n) is 1.71. The third kappa shape index (κ3) is 2.80. The van der Waals surface area contributed by atoms with Gasteiger partial charge in [-0.15, -0.1) is 0 Å². The Balaban J connectivity index is 2.37. The van der Waals surface area contributed by atoms with Crippen molar-refractivity contribution in [3.05, 3.63) is 42.1 Å². The highest BCUT2D eigenvalue weighted by molar-refractivity contribution is 5.94. The summed E-state index contributed by atoms with van der Waals surface area (Å²) in [5.74, 6) is 0.384. The molecule has 104 valence electrons. The molecule has 1 aromatic carbocycles. The quantitative estimate of drug-likeness (QED) is 0.872. The number of nitrogens with zero attached hydrogens (tertiary/aromatic N) is 1. The molecule has 0 aliphatic rings. The van der Waals surface area contributed by atoms with Gasteiger partial charge in [-0.2, -0.15) is 0 Å². The third-order valence-corrected chi connectivity index (χ3v) is 2.70. The number of methoxy groups -OCH3 is 2. The SMILES string of the molecule is COc1ccc(Nc2ncccc2C(=O)O)c(OC)c1. The zero-order valence-corrected chi connectivity index (χ0v) is 11.1. The fourth-order valence-corrected chi connectivity index (χ4v) is 1.71. The monoisotopic (exact) mass is 274 g/mol. The Morgan fingerprint density at radius 1 is 1.25 bits per heavy atom. The molecule has 2 rings (SSSR count). The van der Waals surface area contributed by atoms with Crippen molar-refractivity contribution in [1.29, 1.82) is 0 Å². The molecule has 0 saturated heterocycles. The number of benzene rings is 1. The average Bonchev–Trinajstić information content (AvgIpc) is 2.48. The highest BCUT2D eigenvalue weighted by Gasteiger charge is 2.13. The Hall–Kier alpha value is -2.76. The maximum atomic E-state index is 11.1. The van der Waals surface area contributed by atoms with Gasteiger partial charge in [-0.25, -0.2) is 9.78 Å². The van der Waals surface area contributed by atoms with E-state index in [-0.39, 0.29) is 11.4 Å². The number of pyridine rings is 1. The molecular weight excluding hydrogens is 260 g/mol. The van der Waals surface area contributed by atoms with E-state index in [0.29, 0.717) is 17.2 Å². The van der Waals surface area contributed by atoms with Gasteiger partial charge in [-0.3, -0.25) is 0 Å². The molecule has 2 aromatic rings. The summed E-state index contributed by atoms with van der Waals surface area (Å²) in [5, 5.41) is 12.1. The number of anilines is 2. The van der Waals surface area contributed by atoms with Gasteiger partial charge in [-0.1, -0.05) is 0 Å². The van der Waals surface area contributed by atoms with Gasteiger partial charge >= 0.3 is 5.97 Å². The molecule has 0 fully saturated rings. The summed E-state index contributed by atoms with van der Waals surface area (Å²) < 4.78 is 10.3. The summed E-state index contributed by atoms with van der Waals surface area (Å²) in [7, 11) is 3.08. The van der Waals surface area contributed by atoms with Crippen LogP contribution in [0.1, 0.15) is 10.4 Å². The number of hydrogen-bond acceptors (Lipinski definition) is 5. The smallest absolute Gasteiger partial charge is 0.339 e. The third-order valence-electron chi connectivity index (χ3n) is 2.70. The Labute approximate surface area is 116 Å². The molecule has 0 bridgehead atoms. The second kappa shape index (κ2) is 5.92. The average molecular weight is 274 g/mol. The molecule has 0 amide bonds. The zero-order valence-electron chi connectivity index (χ0n) is 11.1. The van der Waals surface area contributed by atoms with Crippen LogP contribution in [0.3, 0.4) is 0 Å². The van der Waals surface area contributed by atoms with Gasteiger partial charge in [0.15, 0.2) is 0 Å². The summed E-state index contributed by atoms with van der Waals surface area (Å²) in [5.41, 5.74) is 0.694. The first-order valence-corrected chi connectivity index (χ1v) is 5.83. The number of carbonyl (C=O) groups is 1. The lowest BCUT2D eigenvalue weighted by molar-refractivity contribution is 0.0697. The first-order chi connectivity index (χ1) is 9.65. The van der Waals surface area contributed by atoms with Gasteiger partial charge in [0.05, 0.1) is 19.9 Å². The van der Waals surface area contributed by atoms with Crippen LogP contribution in [0.25, 0.3) is 0 Å². The number of nitrogens with one attached hydrogen (secondary N) is 1. The van der Waals surface area contributed by atoms with Crippen LogP contribution in [0.5, 0.6) is 11.5 Å². The van der Waals surface area contributed by atoms with E-state index in [9.17, 15) is 4.79 Å². The first-order valence-electron chi connectivity index (χ1n) is 5.83. The molecular formula is C14H14N2O4. The molecule has 2 N–H and O–H groups in total. The van der Waals surface area contributed by atoms with Crippen LogP contribution in [0, 0.1) is 0 Å². The van der Waals surface area contributed by atoms with Gasteiger partial charge in [0.25, 0.3) is 0 Å². The number of rotatable bonds is 5. The minimum Gasteiger partial charge on any atom is -0.497 e. The fraction of sp³-hybridized carbons (Fsp3) is 0.143. The van der Waals surface area contributed by atoms with Crippen molar-refractivity contribution < 1.29 is 19.4 Å². The maximum Gasteiger partial charge on any atom is 0.339 e. The number of carboxylic acids is 1. The van der Waals surface area contributed by atoms with Gasteiger partial charge in [-0.05, 0) is 24.3 Å². The zero-order chi connectivity index (χ0) is 14.5. The van der Waals surface area contributed by atoms with Gasteiger partial charge in [0.1, 0.15) is 22.9 Å². The van der Waals surface area contributed by atoms with Crippen LogP contribution in [0.4, 0.5) is 11.5 Å². The van der Waals surface area contributed by atoms with E-state index in [1.165, 1.54) is 19.4 Å². The highest BCUT2D eigenvalue weighted by Crippen LogP contribution is 2.31. The van der Waals surface area contributed by atoms with Crippen LogP contribution in [0.15, 0.2) is 36.5 Å². The van der Waals surface area contributed by atoms with Crippen LogP contribution in [0.2, 0.25) is 0 Å². The minimum absolute atomic E-state index is 0.0883. The van der Waals surface area contributed by atoms with E-state index in [0.717, 1.165) is 0 Å². The number of aromatic nitrogens is 1. The molecule has 1 heterocycles. The molecule has 6 heteroatoms. The van der Waals surface area contributed by atoms with E-state index < -0.39 is 5.97 Å². The molecule has 0 aliphatic heterocycles. The van der Waals surface area contributed by atoms with Crippen molar-refractivity contribution in [1.82, 2.24) is 4.98 Å². The number of ether oxygens (including phenoxy) is 2. The van der Waals surface area contributed by atoms with E-state index in [4.69, 9.17) is 14.6 Å². The predicted octanol–water partition coefficient (Wildman–Crippen LogP) is 2.54. The Morgan fingerprint density at radius 2 is 2.05 bits per heavy atom. The van der Waals surface area contributed by atoms with E-state index in [1.807, 2.05) is 0 Å². The predicted molar refractivity (Wildman–Crippen MR) is 74.0 cm³/mol. The normalized spacial score (nSPS) is 9.90. The topological polar surface area (TPSA) is 80.7 Å². The standard InChI is InChI=1S/C14H14N2O4/c1-19-9-5-6-11(12(8-9)20-2)16-13-10(14(17)18)4-3-7-15-13/h3-8H,1-2H3,(H,15,16)(H,17,18). The summed E-state index contributed by atoms with van der Waals surface area (Å²) in [4.78, 5) is 15.2. The lowest BCUT2D eigenvalue weighted by Crippen LogP contribution is -2.05. The van der Waals surface area contributed by atoms with E-state index >= 15 is 0 Å². The summed E-state index contributed by atoms with van der Waals surface area (Å²) in [6.07, 6.45) is 1.52. The van der Waals surface area contributed by atoms with Crippen LogP contribution >= 0.6 is 0 Å². The first kappa shape index (κ1) is 13.7. The lowest BCUT2D eigenvalue weighted by atomic mass is 10.2. The van der Waals surface area contributed by atoms with Gasteiger partial charge in [0, 0.05) is 12.3 Å². The Bertz CT molecular complexity index is 628. The molecule has 0 atom stereocenters. The van der Waals surface area contributed by atoms with Crippen molar-refractivity contribution in [2.24, 2.45) is 0 Å². The Morgan fingerprint density at radius 3 is 2.70 bits per heavy atom. The van der Waals surface area contributed by atoms with Crippen molar-refractivity contribution in [3.8, 4) is 11.5 Å². The van der Waals surface area contributed by atoms with Gasteiger partial charge < -0.3 is 19.9 Å². The highest BCUT2D eigenvalue weighted by atomic mass is 16.5. The second-order valence-corrected chi connectivity index (χ2v) is 3.90. The Kier molecular flexibility index (Phi) is 4.05. The molecule has 0 saturated carbocycles. The van der Waals surface area contributed by atoms with Crippen molar-refractivity contribution in [2.75, 3.05) is 19.5 Å². The van der Waals surface area contributed by atoms with Crippen LogP contribution < -0.4 is 14.8 Å². The molecule has 0 spiro atoms.